The van der Waals surface area contributed by atoms with Crippen molar-refractivity contribution in [2.75, 3.05) is 7.11 Å². The first kappa shape index (κ1) is 20.9. The van der Waals surface area contributed by atoms with Crippen LogP contribution in [0.5, 0.6) is 5.75 Å². The van der Waals surface area contributed by atoms with Crippen molar-refractivity contribution in [3.05, 3.63) is 92.8 Å². The van der Waals surface area contributed by atoms with Crippen LogP contribution in [-0.4, -0.2) is 22.7 Å². The van der Waals surface area contributed by atoms with Crippen molar-refractivity contribution >= 4 is 21.6 Å². The summed E-state index contributed by atoms with van der Waals surface area (Å²) in [5.41, 5.74) is 3.70. The molecule has 1 atom stereocenters. The molecule has 1 N–H and O–H groups in total. The zero-order chi connectivity index (χ0) is 21.9. The first-order valence-corrected chi connectivity index (χ1v) is 11.9. The quantitative estimate of drug-likeness (QED) is 0.459. The number of aryl methyl sites for hydroxylation is 3. The van der Waals surface area contributed by atoms with Gasteiger partial charge < -0.3 is 10.1 Å². The summed E-state index contributed by atoms with van der Waals surface area (Å²) in [5.74, 6) is 0.858. The Morgan fingerprint density at radius 3 is 2.81 bits per heavy atom. The lowest BCUT2D eigenvalue weighted by Crippen LogP contribution is -2.33. The molecule has 5 rings (SSSR count). The Morgan fingerprint density at radius 1 is 1.16 bits per heavy atom. The first-order valence-electron chi connectivity index (χ1n) is 11.1. The lowest BCUT2D eigenvalue weighted by Gasteiger charge is -2.23. The lowest BCUT2D eigenvalue weighted by atomic mass is 9.93. The number of aromatic nitrogens is 2. The average Bonchev–Trinajstić information content (AvgIpc) is 3.21. The van der Waals surface area contributed by atoms with E-state index in [0.29, 0.717) is 12.6 Å². The molecular formula is C26H27N3O2S. The van der Waals surface area contributed by atoms with E-state index in [2.05, 4.69) is 34.6 Å². The number of para-hydroxylation sites is 1. The molecule has 6 heteroatoms. The Morgan fingerprint density at radius 2 is 1.97 bits per heavy atom. The molecule has 2 aromatic heterocycles. The van der Waals surface area contributed by atoms with Crippen LogP contribution in [0.2, 0.25) is 0 Å². The Kier molecular flexibility index (Phi) is 6.06. The number of rotatable bonds is 7. The van der Waals surface area contributed by atoms with Crippen LogP contribution in [0.4, 0.5) is 0 Å². The molecule has 0 saturated heterocycles. The van der Waals surface area contributed by atoms with Gasteiger partial charge in [0.1, 0.15) is 10.6 Å². The van der Waals surface area contributed by atoms with Gasteiger partial charge in [-0.15, -0.1) is 11.3 Å². The molecule has 2 heterocycles. The van der Waals surface area contributed by atoms with Gasteiger partial charge in [-0.3, -0.25) is 9.36 Å². The highest BCUT2D eigenvalue weighted by molar-refractivity contribution is 7.18. The van der Waals surface area contributed by atoms with Crippen LogP contribution in [-0.2, 0) is 32.4 Å². The van der Waals surface area contributed by atoms with E-state index in [1.165, 1.54) is 16.0 Å². The second-order valence-electron chi connectivity index (χ2n) is 8.30. The molecule has 0 fully saturated rings. The summed E-state index contributed by atoms with van der Waals surface area (Å²) in [6, 6.07) is 18.9. The van der Waals surface area contributed by atoms with Gasteiger partial charge in [0.15, 0.2) is 0 Å². The van der Waals surface area contributed by atoms with E-state index in [-0.39, 0.29) is 5.56 Å². The summed E-state index contributed by atoms with van der Waals surface area (Å²) in [5, 5.41) is 4.52. The van der Waals surface area contributed by atoms with Crippen molar-refractivity contribution in [2.24, 2.45) is 0 Å². The van der Waals surface area contributed by atoms with Crippen LogP contribution in [0.1, 0.15) is 28.0 Å². The van der Waals surface area contributed by atoms with Crippen LogP contribution in [0.15, 0.2) is 65.7 Å². The van der Waals surface area contributed by atoms with Crippen molar-refractivity contribution < 1.29 is 4.74 Å². The molecule has 5 nitrogen and oxygen atoms in total. The van der Waals surface area contributed by atoms with Gasteiger partial charge in [0, 0.05) is 24.0 Å². The minimum atomic E-state index is 0.0816. The fourth-order valence-corrected chi connectivity index (χ4v) is 5.80. The van der Waals surface area contributed by atoms with Crippen LogP contribution in [0.25, 0.3) is 10.2 Å². The molecule has 0 spiro atoms. The molecule has 1 aliphatic rings. The fourth-order valence-electron chi connectivity index (χ4n) is 4.54. The van der Waals surface area contributed by atoms with Crippen LogP contribution < -0.4 is 15.6 Å². The predicted octanol–water partition coefficient (Wildman–Crippen LogP) is 4.36. The molecule has 32 heavy (non-hydrogen) atoms. The first-order chi connectivity index (χ1) is 15.7. The number of benzene rings is 2. The van der Waals surface area contributed by atoms with Gasteiger partial charge in [0.25, 0.3) is 5.56 Å². The predicted molar refractivity (Wildman–Crippen MR) is 130 cm³/mol. The number of nitrogens with one attached hydrogen (secondary N) is 1. The van der Waals surface area contributed by atoms with E-state index in [9.17, 15) is 4.79 Å². The largest absolute Gasteiger partial charge is 0.496 e. The number of ether oxygens (including phenoxy) is 1. The topological polar surface area (TPSA) is 56.2 Å². The molecule has 164 valence electrons. The fraction of sp³-hybridized carbons (Fsp3) is 0.308. The Bertz CT molecular complexity index is 1280. The van der Waals surface area contributed by atoms with E-state index in [0.717, 1.165) is 53.8 Å². The number of thiophene rings is 1. The third-order valence-corrected chi connectivity index (χ3v) is 7.45. The van der Waals surface area contributed by atoms with Gasteiger partial charge in [0.05, 0.1) is 18.8 Å². The molecule has 2 aromatic carbocycles. The van der Waals surface area contributed by atoms with Crippen LogP contribution in [0, 0.1) is 0 Å². The number of nitrogens with zero attached hydrogens (tertiary/aromatic N) is 2. The standard InChI is InChI=1S/C26H27N3O2S/c1-31-22-10-6-5-9-19(22)13-14-29-17-28-25-24(26(29)30)21-12-11-20(15-23(21)32-25)27-16-18-7-3-2-4-8-18/h2-10,17,20,27H,11-16H2,1H3. The highest BCUT2D eigenvalue weighted by Crippen LogP contribution is 2.33. The maximum absolute atomic E-state index is 13.3. The molecule has 4 aromatic rings. The van der Waals surface area contributed by atoms with Gasteiger partial charge in [-0.05, 0) is 48.4 Å². The average molecular weight is 446 g/mol. The second-order valence-corrected chi connectivity index (χ2v) is 9.38. The minimum absolute atomic E-state index is 0.0816. The summed E-state index contributed by atoms with van der Waals surface area (Å²) >= 11 is 1.68. The van der Waals surface area contributed by atoms with E-state index >= 15 is 0 Å². The summed E-state index contributed by atoms with van der Waals surface area (Å²) in [6.45, 7) is 1.47. The third kappa shape index (κ3) is 4.20. The smallest absolute Gasteiger partial charge is 0.262 e. The van der Waals surface area contributed by atoms with Crippen LogP contribution >= 0.6 is 11.3 Å². The van der Waals surface area contributed by atoms with Crippen molar-refractivity contribution in [1.82, 2.24) is 14.9 Å². The summed E-state index contributed by atoms with van der Waals surface area (Å²) in [4.78, 5) is 20.1. The van der Waals surface area contributed by atoms with Crippen LogP contribution in [0.3, 0.4) is 0 Å². The Balaban J connectivity index is 1.33. The molecule has 0 amide bonds. The number of methoxy groups -OCH3 is 1. The van der Waals surface area contributed by atoms with Crippen molar-refractivity contribution in [1.29, 1.82) is 0 Å². The van der Waals surface area contributed by atoms with Crippen molar-refractivity contribution in [3.8, 4) is 5.75 Å². The van der Waals surface area contributed by atoms with Gasteiger partial charge in [0.2, 0.25) is 0 Å². The van der Waals surface area contributed by atoms with E-state index in [1.807, 2.05) is 30.3 Å². The maximum Gasteiger partial charge on any atom is 0.262 e. The van der Waals surface area contributed by atoms with E-state index in [4.69, 9.17) is 4.74 Å². The number of hydrogen-bond donors (Lipinski definition) is 1. The Labute approximate surface area is 191 Å². The van der Waals surface area contributed by atoms with E-state index < -0.39 is 0 Å². The summed E-state index contributed by atoms with van der Waals surface area (Å²) in [7, 11) is 1.68. The summed E-state index contributed by atoms with van der Waals surface area (Å²) in [6.07, 6.45) is 5.36. The van der Waals surface area contributed by atoms with E-state index in [1.54, 1.807) is 29.3 Å². The minimum Gasteiger partial charge on any atom is -0.496 e. The highest BCUT2D eigenvalue weighted by Gasteiger charge is 2.25. The Hall–Kier alpha value is -2.96. The maximum atomic E-state index is 13.3. The van der Waals surface area contributed by atoms with Crippen molar-refractivity contribution in [2.45, 2.75) is 44.8 Å². The molecule has 0 radical (unpaired) electrons. The zero-order valence-electron chi connectivity index (χ0n) is 18.2. The van der Waals surface area contributed by atoms with Gasteiger partial charge >= 0.3 is 0 Å². The molecule has 1 aliphatic carbocycles. The molecular weight excluding hydrogens is 418 g/mol. The number of fused-ring (bicyclic) bond motifs is 3. The monoisotopic (exact) mass is 445 g/mol. The lowest BCUT2D eigenvalue weighted by molar-refractivity contribution is 0.408. The van der Waals surface area contributed by atoms with Crippen molar-refractivity contribution in [3.63, 3.8) is 0 Å². The SMILES string of the molecule is COc1ccccc1CCn1cnc2sc3c(c2c1=O)CCC(NCc1ccccc1)C3. The zero-order valence-corrected chi connectivity index (χ0v) is 19.0. The molecule has 0 saturated carbocycles. The van der Waals surface area contributed by atoms with Gasteiger partial charge in [-0.2, -0.15) is 0 Å². The molecule has 1 unspecified atom stereocenters. The third-order valence-electron chi connectivity index (χ3n) is 6.29. The normalized spacial score (nSPS) is 15.6. The number of hydrogen-bond acceptors (Lipinski definition) is 5. The molecule has 0 aliphatic heterocycles. The summed E-state index contributed by atoms with van der Waals surface area (Å²) < 4.78 is 7.20. The second kappa shape index (κ2) is 9.27. The van der Waals surface area contributed by atoms with Gasteiger partial charge in [-0.25, -0.2) is 4.98 Å². The highest BCUT2D eigenvalue weighted by atomic mass is 32.1. The van der Waals surface area contributed by atoms with Gasteiger partial charge in [-0.1, -0.05) is 48.5 Å². The molecule has 0 bridgehead atoms.